The van der Waals surface area contributed by atoms with Crippen molar-refractivity contribution in [2.24, 2.45) is 5.73 Å². The maximum Gasteiger partial charge on any atom is 0.0954 e. The number of thiazole rings is 1. The summed E-state index contributed by atoms with van der Waals surface area (Å²) in [5, 5.41) is 3.39. The zero-order chi connectivity index (χ0) is 10.6. The molecular weight excluding hydrogens is 212 g/mol. The highest BCUT2D eigenvalue weighted by molar-refractivity contribution is 7.98. The Morgan fingerprint density at radius 1 is 1.50 bits per heavy atom. The summed E-state index contributed by atoms with van der Waals surface area (Å²) in [5.74, 6) is 2.55. The second-order valence-corrected chi connectivity index (χ2v) is 5.74. The van der Waals surface area contributed by atoms with Crippen LogP contribution in [0.3, 0.4) is 0 Å². The minimum Gasteiger partial charge on any atom is -0.327 e. The first-order chi connectivity index (χ1) is 6.59. The van der Waals surface area contributed by atoms with E-state index in [0.29, 0.717) is 5.92 Å². The van der Waals surface area contributed by atoms with Crippen molar-refractivity contribution in [3.63, 3.8) is 0 Å². The van der Waals surface area contributed by atoms with E-state index in [4.69, 9.17) is 5.73 Å². The first-order valence-electron chi connectivity index (χ1n) is 4.87. The van der Waals surface area contributed by atoms with E-state index in [9.17, 15) is 0 Å². The molecule has 1 heterocycles. The number of hydrogen-bond acceptors (Lipinski definition) is 4. The third-order valence-electron chi connectivity index (χ3n) is 1.69. The maximum absolute atomic E-state index is 5.67. The Balaban J connectivity index is 2.36. The molecule has 0 aromatic carbocycles. The molecule has 0 saturated carbocycles. The molecule has 1 aromatic heterocycles. The van der Waals surface area contributed by atoms with Gasteiger partial charge in [0.2, 0.25) is 0 Å². The van der Waals surface area contributed by atoms with E-state index in [1.807, 2.05) is 18.7 Å². The van der Waals surface area contributed by atoms with Crippen molar-refractivity contribution >= 4 is 23.1 Å². The van der Waals surface area contributed by atoms with Crippen LogP contribution in [0, 0.1) is 0 Å². The molecule has 0 radical (unpaired) electrons. The van der Waals surface area contributed by atoms with E-state index < -0.39 is 0 Å². The van der Waals surface area contributed by atoms with Gasteiger partial charge in [0.25, 0.3) is 0 Å². The van der Waals surface area contributed by atoms with E-state index >= 15 is 0 Å². The van der Waals surface area contributed by atoms with Crippen LogP contribution in [0.1, 0.15) is 37.4 Å². The molecule has 1 atom stereocenters. The first-order valence-corrected chi connectivity index (χ1v) is 6.90. The van der Waals surface area contributed by atoms with Gasteiger partial charge in [-0.2, -0.15) is 11.8 Å². The quantitative estimate of drug-likeness (QED) is 0.845. The molecule has 2 nitrogen and oxygen atoms in total. The van der Waals surface area contributed by atoms with Crippen molar-refractivity contribution in [1.82, 2.24) is 4.98 Å². The molecule has 1 unspecified atom stereocenters. The third-order valence-corrected chi connectivity index (χ3v) is 4.15. The minimum absolute atomic E-state index is 0.281. The number of aromatic nitrogens is 1. The molecule has 0 aliphatic rings. The van der Waals surface area contributed by atoms with Crippen LogP contribution in [-0.2, 0) is 5.75 Å². The van der Waals surface area contributed by atoms with E-state index in [-0.39, 0.29) is 6.04 Å². The van der Waals surface area contributed by atoms with Crippen LogP contribution in [-0.4, -0.2) is 16.8 Å². The Morgan fingerprint density at radius 3 is 2.71 bits per heavy atom. The van der Waals surface area contributed by atoms with Crippen molar-refractivity contribution in [2.75, 3.05) is 5.75 Å². The van der Waals surface area contributed by atoms with Crippen molar-refractivity contribution in [1.29, 1.82) is 0 Å². The SMILES string of the molecule is CC(N)CSCc1csc(C(C)C)n1. The molecule has 0 aliphatic heterocycles. The van der Waals surface area contributed by atoms with Crippen LogP contribution in [0.2, 0.25) is 0 Å². The average molecular weight is 230 g/mol. The van der Waals surface area contributed by atoms with Gasteiger partial charge in [0.05, 0.1) is 10.7 Å². The topological polar surface area (TPSA) is 38.9 Å². The van der Waals surface area contributed by atoms with Crippen molar-refractivity contribution in [2.45, 2.75) is 38.5 Å². The van der Waals surface area contributed by atoms with Crippen LogP contribution < -0.4 is 5.73 Å². The van der Waals surface area contributed by atoms with Crippen LogP contribution >= 0.6 is 23.1 Å². The molecule has 80 valence electrons. The molecule has 1 rings (SSSR count). The summed E-state index contributed by atoms with van der Waals surface area (Å²) < 4.78 is 0. The van der Waals surface area contributed by atoms with Gasteiger partial charge < -0.3 is 5.73 Å². The van der Waals surface area contributed by atoms with Crippen LogP contribution in [0.5, 0.6) is 0 Å². The smallest absolute Gasteiger partial charge is 0.0954 e. The summed E-state index contributed by atoms with van der Waals surface area (Å²) in [6.07, 6.45) is 0. The lowest BCUT2D eigenvalue weighted by atomic mass is 10.2. The van der Waals surface area contributed by atoms with Crippen LogP contribution in [0.4, 0.5) is 0 Å². The molecule has 0 bridgehead atoms. The third kappa shape index (κ3) is 3.98. The Morgan fingerprint density at radius 2 is 2.21 bits per heavy atom. The van der Waals surface area contributed by atoms with E-state index in [2.05, 4.69) is 24.2 Å². The summed E-state index contributed by atoms with van der Waals surface area (Å²) in [7, 11) is 0. The lowest BCUT2D eigenvalue weighted by molar-refractivity contribution is 0.841. The summed E-state index contributed by atoms with van der Waals surface area (Å²) in [4.78, 5) is 4.56. The highest BCUT2D eigenvalue weighted by atomic mass is 32.2. The molecule has 0 amide bonds. The van der Waals surface area contributed by atoms with Crippen LogP contribution in [0.25, 0.3) is 0 Å². The molecular formula is C10H18N2S2. The van der Waals surface area contributed by atoms with Gasteiger partial charge in [-0.05, 0) is 6.92 Å². The monoisotopic (exact) mass is 230 g/mol. The zero-order valence-corrected chi connectivity index (χ0v) is 10.6. The molecule has 1 aromatic rings. The molecule has 0 saturated heterocycles. The summed E-state index contributed by atoms with van der Waals surface area (Å²) in [6, 6.07) is 0.281. The molecule has 4 heteroatoms. The first kappa shape index (κ1) is 12.0. The predicted molar refractivity (Wildman–Crippen MR) is 66.0 cm³/mol. The normalized spacial score (nSPS) is 13.5. The van der Waals surface area contributed by atoms with Crippen molar-refractivity contribution in [3.8, 4) is 0 Å². The highest BCUT2D eigenvalue weighted by Crippen LogP contribution is 2.21. The molecule has 0 fully saturated rings. The fourth-order valence-electron chi connectivity index (χ4n) is 1.00. The van der Waals surface area contributed by atoms with Gasteiger partial charge in [0.1, 0.15) is 0 Å². The second kappa shape index (κ2) is 5.73. The summed E-state index contributed by atoms with van der Waals surface area (Å²) in [5.41, 5.74) is 6.87. The van der Waals surface area contributed by atoms with Gasteiger partial charge in [0, 0.05) is 28.8 Å². The fourth-order valence-corrected chi connectivity index (χ4v) is 2.79. The number of nitrogens with zero attached hydrogens (tertiary/aromatic N) is 1. The van der Waals surface area contributed by atoms with Gasteiger partial charge in [-0.1, -0.05) is 13.8 Å². The van der Waals surface area contributed by atoms with Crippen molar-refractivity contribution in [3.05, 3.63) is 16.1 Å². The van der Waals surface area contributed by atoms with Gasteiger partial charge in [0.15, 0.2) is 0 Å². The predicted octanol–water partition coefficient (Wildman–Crippen LogP) is 2.85. The minimum atomic E-state index is 0.281. The van der Waals surface area contributed by atoms with Gasteiger partial charge in [-0.15, -0.1) is 11.3 Å². The van der Waals surface area contributed by atoms with Gasteiger partial charge >= 0.3 is 0 Å². The Kier molecular flexibility index (Phi) is 4.92. The Labute approximate surface area is 94.3 Å². The zero-order valence-electron chi connectivity index (χ0n) is 8.99. The largest absolute Gasteiger partial charge is 0.327 e. The standard InChI is InChI=1S/C10H18N2S2/c1-7(2)10-12-9(6-14-10)5-13-4-8(3)11/h6-8H,4-5,11H2,1-3H3. The van der Waals surface area contributed by atoms with Crippen molar-refractivity contribution < 1.29 is 0 Å². The van der Waals surface area contributed by atoms with E-state index in [1.54, 1.807) is 11.3 Å². The van der Waals surface area contributed by atoms with Gasteiger partial charge in [-0.25, -0.2) is 4.98 Å². The summed E-state index contributed by atoms with van der Waals surface area (Å²) in [6.45, 7) is 6.39. The Hall–Kier alpha value is -0.0600. The number of hydrogen-bond donors (Lipinski definition) is 1. The Bertz CT molecular complexity index is 269. The summed E-state index contributed by atoms with van der Waals surface area (Å²) >= 11 is 3.62. The molecule has 14 heavy (non-hydrogen) atoms. The lowest BCUT2D eigenvalue weighted by Crippen LogP contribution is -2.17. The molecule has 0 aliphatic carbocycles. The van der Waals surface area contributed by atoms with Gasteiger partial charge in [-0.3, -0.25) is 0 Å². The average Bonchev–Trinajstić information content (AvgIpc) is 2.52. The van der Waals surface area contributed by atoms with E-state index in [0.717, 1.165) is 11.5 Å². The molecule has 2 N–H and O–H groups in total. The number of nitrogens with two attached hydrogens (primary N) is 1. The fraction of sp³-hybridized carbons (Fsp3) is 0.700. The maximum atomic E-state index is 5.67. The number of rotatable bonds is 5. The second-order valence-electron chi connectivity index (χ2n) is 3.82. The lowest BCUT2D eigenvalue weighted by Gasteiger charge is -2.02. The molecule has 0 spiro atoms. The van der Waals surface area contributed by atoms with Crippen LogP contribution in [0.15, 0.2) is 5.38 Å². The number of thioether (sulfide) groups is 1. The van der Waals surface area contributed by atoms with E-state index in [1.165, 1.54) is 10.7 Å². The highest BCUT2D eigenvalue weighted by Gasteiger charge is 2.05.